The van der Waals surface area contributed by atoms with Crippen LogP contribution >= 0.6 is 0 Å². The fraction of sp³-hybridized carbons (Fsp3) is 0.833. The van der Waals surface area contributed by atoms with Crippen molar-refractivity contribution in [1.29, 1.82) is 0 Å². The van der Waals surface area contributed by atoms with E-state index >= 15 is 0 Å². The van der Waals surface area contributed by atoms with Crippen LogP contribution < -0.4 is 0 Å². The van der Waals surface area contributed by atoms with Crippen molar-refractivity contribution in [2.24, 2.45) is 11.1 Å². The van der Waals surface area contributed by atoms with E-state index in [4.69, 9.17) is 0 Å². The van der Waals surface area contributed by atoms with Crippen molar-refractivity contribution in [3.8, 4) is 0 Å². The molecule has 0 saturated heterocycles. The number of Topliss-reactive ketones (excluding diaryl/α,β-unsaturated/α-hetero) is 1. The number of hydrogen-bond donors (Lipinski definition) is 0. The second kappa shape index (κ2) is 3.33. The number of nitrogens with zero attached hydrogens (tertiary/aromatic N) is 1. The first-order valence-corrected chi connectivity index (χ1v) is 2.92. The molecule has 0 unspecified atom stereocenters. The Morgan fingerprint density at radius 1 is 1.44 bits per heavy atom. The van der Waals surface area contributed by atoms with Crippen molar-refractivity contribution < 1.29 is 4.79 Å². The predicted molar refractivity (Wildman–Crippen MR) is 35.1 cm³/mol. The van der Waals surface area contributed by atoms with Gasteiger partial charge in [-0.15, -0.1) is 0 Å². The number of hydrogen-bond acceptors (Lipinski definition) is 3. The normalized spacial score (nSPS) is 16.3. The van der Waals surface area contributed by atoms with Crippen molar-refractivity contribution in [3.05, 3.63) is 4.91 Å². The highest BCUT2D eigenvalue weighted by Crippen LogP contribution is 2.06. The molecule has 0 saturated carbocycles. The molecule has 9 heavy (non-hydrogen) atoms. The van der Waals surface area contributed by atoms with Gasteiger partial charge in [0, 0.05) is 5.92 Å². The third-order valence-electron chi connectivity index (χ3n) is 1.53. The van der Waals surface area contributed by atoms with Crippen molar-refractivity contribution in [2.45, 2.75) is 26.8 Å². The molecule has 3 heteroatoms. The van der Waals surface area contributed by atoms with Crippen molar-refractivity contribution in [1.82, 2.24) is 0 Å². The Labute approximate surface area is 54.4 Å². The lowest BCUT2D eigenvalue weighted by molar-refractivity contribution is -0.120. The third-order valence-corrected chi connectivity index (χ3v) is 1.53. The standard InChI is InChI=1S/C6H11NO2/c1-4(6(3)8)5(2)7-9/h4-5H,1-3H3/t4-,5+/m0/s1. The summed E-state index contributed by atoms with van der Waals surface area (Å²) in [6, 6.07) is -0.387. The number of carbonyl (C=O) groups excluding carboxylic acids is 1. The molecule has 0 aliphatic rings. The van der Waals surface area contributed by atoms with Crippen LogP contribution in [-0.4, -0.2) is 11.8 Å². The Bertz CT molecular complexity index is 122. The molecule has 0 bridgehead atoms. The van der Waals surface area contributed by atoms with Gasteiger partial charge in [-0.25, -0.2) is 0 Å². The summed E-state index contributed by atoms with van der Waals surface area (Å²) < 4.78 is 0. The van der Waals surface area contributed by atoms with Gasteiger partial charge in [-0.1, -0.05) is 12.1 Å². The average molecular weight is 129 g/mol. The summed E-state index contributed by atoms with van der Waals surface area (Å²) in [4.78, 5) is 20.4. The van der Waals surface area contributed by atoms with Gasteiger partial charge in [-0.05, 0) is 13.8 Å². The summed E-state index contributed by atoms with van der Waals surface area (Å²) >= 11 is 0. The Hall–Kier alpha value is -0.730. The number of ketones is 1. The van der Waals surface area contributed by atoms with E-state index in [1.807, 2.05) is 0 Å². The molecule has 0 fully saturated rings. The van der Waals surface area contributed by atoms with Gasteiger partial charge in [-0.2, -0.15) is 4.91 Å². The van der Waals surface area contributed by atoms with Crippen LogP contribution in [0.3, 0.4) is 0 Å². The largest absolute Gasteiger partial charge is 0.300 e. The maximum Gasteiger partial charge on any atom is 0.134 e. The zero-order valence-electron chi connectivity index (χ0n) is 5.92. The zero-order chi connectivity index (χ0) is 7.44. The molecule has 0 rings (SSSR count). The molecule has 0 heterocycles. The molecule has 0 aromatic rings. The summed E-state index contributed by atoms with van der Waals surface area (Å²) in [6.07, 6.45) is 0. The van der Waals surface area contributed by atoms with E-state index < -0.39 is 0 Å². The highest BCUT2D eigenvalue weighted by atomic mass is 16.3. The molecule has 0 aliphatic heterocycles. The van der Waals surface area contributed by atoms with E-state index in [1.165, 1.54) is 6.92 Å². The minimum absolute atomic E-state index is 0.0158. The fourth-order valence-corrected chi connectivity index (χ4v) is 0.431. The van der Waals surface area contributed by atoms with Gasteiger partial charge < -0.3 is 0 Å². The minimum atomic E-state index is -0.387. The Morgan fingerprint density at radius 3 is 2.00 bits per heavy atom. The van der Waals surface area contributed by atoms with Crippen LogP contribution in [0.1, 0.15) is 20.8 Å². The maximum absolute atomic E-state index is 10.5. The van der Waals surface area contributed by atoms with Gasteiger partial charge in [-0.3, -0.25) is 4.79 Å². The monoisotopic (exact) mass is 129 g/mol. The topological polar surface area (TPSA) is 46.5 Å². The SMILES string of the molecule is CC(=O)[C@@H](C)[C@@H](C)N=O. The summed E-state index contributed by atoms with van der Waals surface area (Å²) in [6.45, 7) is 4.81. The lowest BCUT2D eigenvalue weighted by Gasteiger charge is -2.07. The number of rotatable bonds is 3. The first-order valence-electron chi connectivity index (χ1n) is 2.92. The van der Waals surface area contributed by atoms with Crippen LogP contribution in [0.2, 0.25) is 0 Å². The van der Waals surface area contributed by atoms with Crippen LogP contribution in [0.4, 0.5) is 0 Å². The highest BCUT2D eigenvalue weighted by molar-refractivity contribution is 5.78. The Kier molecular flexibility index (Phi) is 3.06. The van der Waals surface area contributed by atoms with Crippen LogP contribution in [0, 0.1) is 10.8 Å². The molecule has 0 N–H and O–H groups in total. The second-order valence-electron chi connectivity index (χ2n) is 2.25. The lowest BCUT2D eigenvalue weighted by Crippen LogP contribution is -2.18. The van der Waals surface area contributed by atoms with Gasteiger partial charge in [0.1, 0.15) is 5.78 Å². The molecule has 0 amide bonds. The second-order valence-corrected chi connectivity index (χ2v) is 2.25. The molecular weight excluding hydrogens is 118 g/mol. The van der Waals surface area contributed by atoms with Gasteiger partial charge in [0.2, 0.25) is 0 Å². The van der Waals surface area contributed by atoms with Gasteiger partial charge in [0.05, 0.1) is 6.04 Å². The molecule has 0 aromatic heterocycles. The predicted octanol–water partition coefficient (Wildman–Crippen LogP) is 1.37. The average Bonchev–Trinajstić information content (AvgIpc) is 1.84. The van der Waals surface area contributed by atoms with Crippen molar-refractivity contribution >= 4 is 5.78 Å². The zero-order valence-corrected chi connectivity index (χ0v) is 5.92. The molecule has 0 aromatic carbocycles. The first-order chi connectivity index (χ1) is 4.09. The van der Waals surface area contributed by atoms with Gasteiger partial charge in [0.25, 0.3) is 0 Å². The fourth-order valence-electron chi connectivity index (χ4n) is 0.431. The molecule has 2 atom stereocenters. The van der Waals surface area contributed by atoms with Gasteiger partial charge >= 0.3 is 0 Å². The number of nitroso groups, excluding NO2 is 1. The van der Waals surface area contributed by atoms with Crippen LogP contribution in [0.15, 0.2) is 5.18 Å². The van der Waals surface area contributed by atoms with E-state index in [0.29, 0.717) is 0 Å². The smallest absolute Gasteiger partial charge is 0.134 e. The Balaban J connectivity index is 3.86. The van der Waals surface area contributed by atoms with Crippen LogP contribution in [0.5, 0.6) is 0 Å². The molecule has 0 radical (unpaired) electrons. The van der Waals surface area contributed by atoms with Crippen molar-refractivity contribution in [2.75, 3.05) is 0 Å². The third kappa shape index (κ3) is 2.35. The molecule has 52 valence electrons. The minimum Gasteiger partial charge on any atom is -0.300 e. The van der Waals surface area contributed by atoms with E-state index in [2.05, 4.69) is 5.18 Å². The van der Waals surface area contributed by atoms with Crippen LogP contribution in [-0.2, 0) is 4.79 Å². The number of carbonyl (C=O) groups is 1. The molecule has 0 aliphatic carbocycles. The summed E-state index contributed by atoms with van der Waals surface area (Å²) in [5.74, 6) is -0.218. The first kappa shape index (κ1) is 8.27. The summed E-state index contributed by atoms with van der Waals surface area (Å²) in [5.41, 5.74) is 0. The van der Waals surface area contributed by atoms with E-state index in [0.717, 1.165) is 0 Å². The maximum atomic E-state index is 10.5. The van der Waals surface area contributed by atoms with Gasteiger partial charge in [0.15, 0.2) is 0 Å². The van der Waals surface area contributed by atoms with Crippen LogP contribution in [0.25, 0.3) is 0 Å². The lowest BCUT2D eigenvalue weighted by atomic mass is 10.0. The highest BCUT2D eigenvalue weighted by Gasteiger charge is 2.15. The molecule has 3 nitrogen and oxygen atoms in total. The molecular formula is C6H11NO2. The molecule has 0 spiro atoms. The van der Waals surface area contributed by atoms with E-state index in [1.54, 1.807) is 13.8 Å². The van der Waals surface area contributed by atoms with E-state index in [9.17, 15) is 9.70 Å². The Morgan fingerprint density at radius 2 is 1.89 bits per heavy atom. The summed E-state index contributed by atoms with van der Waals surface area (Å²) in [5, 5.41) is 2.74. The van der Waals surface area contributed by atoms with E-state index in [-0.39, 0.29) is 17.7 Å². The summed E-state index contributed by atoms with van der Waals surface area (Å²) in [7, 11) is 0. The van der Waals surface area contributed by atoms with Crippen molar-refractivity contribution in [3.63, 3.8) is 0 Å². The quantitative estimate of drug-likeness (QED) is 0.540.